The number of nitrogens with zero attached hydrogens (tertiary/aromatic N) is 2. The van der Waals surface area contributed by atoms with Crippen molar-refractivity contribution in [2.75, 3.05) is 19.6 Å². The Morgan fingerprint density at radius 2 is 1.96 bits per heavy atom. The summed E-state index contributed by atoms with van der Waals surface area (Å²) in [4.78, 5) is 32.0. The summed E-state index contributed by atoms with van der Waals surface area (Å²) in [6.07, 6.45) is 2.44. The molecule has 3 rings (SSSR count). The van der Waals surface area contributed by atoms with Gasteiger partial charge >= 0.3 is 0 Å². The van der Waals surface area contributed by atoms with Gasteiger partial charge < -0.3 is 9.88 Å². The average Bonchev–Trinajstić information content (AvgIpc) is 2.78. The summed E-state index contributed by atoms with van der Waals surface area (Å²) in [5, 5.41) is 0. The van der Waals surface area contributed by atoms with E-state index in [1.165, 1.54) is 17.8 Å². The fourth-order valence-corrected chi connectivity index (χ4v) is 3.27. The van der Waals surface area contributed by atoms with Crippen molar-refractivity contribution in [1.29, 1.82) is 0 Å². The Hall–Kier alpha value is -2.40. The van der Waals surface area contributed by atoms with E-state index in [4.69, 9.17) is 0 Å². The third-order valence-corrected chi connectivity index (χ3v) is 4.90. The lowest BCUT2D eigenvalue weighted by atomic mass is 10.1. The van der Waals surface area contributed by atoms with E-state index in [1.807, 2.05) is 13.0 Å². The number of aromatic amines is 1. The Morgan fingerprint density at radius 3 is 2.68 bits per heavy atom. The smallest absolute Gasteiger partial charge is 0.259 e. The Bertz CT molecular complexity index is 785. The molecule has 2 heterocycles. The number of carbonyl (C=O) groups excluding carboxylic acids is 1. The molecule has 0 radical (unpaired) electrons. The highest BCUT2D eigenvalue weighted by Gasteiger charge is 2.25. The first kappa shape index (κ1) is 17.4. The van der Waals surface area contributed by atoms with Crippen molar-refractivity contribution in [1.82, 2.24) is 14.8 Å². The largest absolute Gasteiger partial charge is 0.364 e. The molecule has 5 heteroatoms. The number of hydrogen-bond donors (Lipinski definition) is 1. The maximum Gasteiger partial charge on any atom is 0.259 e. The third-order valence-electron chi connectivity index (χ3n) is 4.90. The molecule has 0 aliphatic carbocycles. The van der Waals surface area contributed by atoms with Crippen LogP contribution in [0.5, 0.6) is 0 Å². The van der Waals surface area contributed by atoms with Gasteiger partial charge in [-0.15, -0.1) is 0 Å². The van der Waals surface area contributed by atoms with Gasteiger partial charge in [0.1, 0.15) is 5.56 Å². The SMILES string of the molecule is Cc1cc(=O)c(C(=O)N2CC[C@@H](C)N(Cc3ccccc3)CC2)c[nH]1. The van der Waals surface area contributed by atoms with Gasteiger partial charge in [-0.05, 0) is 25.8 Å². The quantitative estimate of drug-likeness (QED) is 0.934. The van der Waals surface area contributed by atoms with Crippen LogP contribution < -0.4 is 5.43 Å². The van der Waals surface area contributed by atoms with E-state index in [0.717, 1.165) is 25.2 Å². The van der Waals surface area contributed by atoms with E-state index in [-0.39, 0.29) is 16.9 Å². The lowest BCUT2D eigenvalue weighted by Crippen LogP contribution is -2.37. The van der Waals surface area contributed by atoms with Gasteiger partial charge in [0.2, 0.25) is 0 Å². The van der Waals surface area contributed by atoms with Crippen LogP contribution in [-0.2, 0) is 6.54 Å². The average molecular weight is 339 g/mol. The van der Waals surface area contributed by atoms with E-state index in [0.29, 0.717) is 19.1 Å². The predicted molar refractivity (Wildman–Crippen MR) is 98.6 cm³/mol. The molecule has 5 nitrogen and oxygen atoms in total. The van der Waals surface area contributed by atoms with Gasteiger partial charge in [-0.25, -0.2) is 0 Å². The number of rotatable bonds is 3. The van der Waals surface area contributed by atoms with Gasteiger partial charge in [-0.3, -0.25) is 14.5 Å². The van der Waals surface area contributed by atoms with Crippen LogP contribution in [0.1, 0.15) is 35.0 Å². The van der Waals surface area contributed by atoms with E-state index in [2.05, 4.69) is 41.1 Å². The van der Waals surface area contributed by atoms with Gasteiger partial charge in [0, 0.05) is 50.2 Å². The fourth-order valence-electron chi connectivity index (χ4n) is 3.27. The van der Waals surface area contributed by atoms with Crippen LogP contribution >= 0.6 is 0 Å². The second-order valence-electron chi connectivity index (χ2n) is 6.78. The summed E-state index contributed by atoms with van der Waals surface area (Å²) < 4.78 is 0. The van der Waals surface area contributed by atoms with Crippen LogP contribution in [0.3, 0.4) is 0 Å². The molecule has 0 saturated carbocycles. The first-order chi connectivity index (χ1) is 12.0. The van der Waals surface area contributed by atoms with Crippen molar-refractivity contribution in [3.05, 3.63) is 69.6 Å². The molecule has 1 fully saturated rings. The summed E-state index contributed by atoms with van der Waals surface area (Å²) in [5.74, 6) is -0.171. The normalized spacial score (nSPS) is 18.8. The summed E-state index contributed by atoms with van der Waals surface area (Å²) >= 11 is 0. The molecule has 1 aromatic carbocycles. The van der Waals surface area contributed by atoms with Crippen molar-refractivity contribution in [3.63, 3.8) is 0 Å². The highest BCUT2D eigenvalue weighted by Crippen LogP contribution is 2.15. The van der Waals surface area contributed by atoms with Crippen molar-refractivity contribution >= 4 is 5.91 Å². The minimum atomic E-state index is -0.209. The molecule has 1 atom stereocenters. The standard InChI is InChI=1S/C20H25N3O2/c1-15-12-19(24)18(13-21-15)20(25)22-9-8-16(2)23(11-10-22)14-17-6-4-3-5-7-17/h3-7,12-13,16H,8-11,14H2,1-2H3,(H,21,24)/t16-/m1/s1. The molecule has 132 valence electrons. The number of amides is 1. The van der Waals surface area contributed by atoms with E-state index < -0.39 is 0 Å². The van der Waals surface area contributed by atoms with Crippen LogP contribution in [0.15, 0.2) is 47.4 Å². The summed E-state index contributed by atoms with van der Waals surface area (Å²) in [6.45, 7) is 7.03. The van der Waals surface area contributed by atoms with Crippen LogP contribution in [0, 0.1) is 6.92 Å². The lowest BCUT2D eigenvalue weighted by molar-refractivity contribution is 0.0759. The zero-order chi connectivity index (χ0) is 17.8. The molecule has 1 amide bonds. The molecule has 1 aromatic heterocycles. The van der Waals surface area contributed by atoms with Crippen LogP contribution in [0.25, 0.3) is 0 Å². The van der Waals surface area contributed by atoms with Gasteiger partial charge in [-0.2, -0.15) is 0 Å². The number of nitrogens with one attached hydrogen (secondary N) is 1. The highest BCUT2D eigenvalue weighted by atomic mass is 16.2. The second-order valence-corrected chi connectivity index (χ2v) is 6.78. The second kappa shape index (κ2) is 7.66. The number of hydrogen-bond acceptors (Lipinski definition) is 3. The Labute approximate surface area is 148 Å². The summed E-state index contributed by atoms with van der Waals surface area (Å²) in [7, 11) is 0. The number of H-pyrrole nitrogens is 1. The number of pyridine rings is 1. The number of aryl methyl sites for hydroxylation is 1. The van der Waals surface area contributed by atoms with Gasteiger partial charge in [0.05, 0.1) is 0 Å². The monoisotopic (exact) mass is 339 g/mol. The van der Waals surface area contributed by atoms with E-state index >= 15 is 0 Å². The molecule has 25 heavy (non-hydrogen) atoms. The van der Waals surface area contributed by atoms with Crippen molar-refractivity contribution in [2.24, 2.45) is 0 Å². The van der Waals surface area contributed by atoms with Crippen LogP contribution in [0.4, 0.5) is 0 Å². The molecule has 1 N–H and O–H groups in total. The maximum absolute atomic E-state index is 12.7. The van der Waals surface area contributed by atoms with Crippen molar-refractivity contribution in [3.8, 4) is 0 Å². The minimum absolute atomic E-state index is 0.171. The topological polar surface area (TPSA) is 56.4 Å². The number of carbonyl (C=O) groups is 1. The molecular weight excluding hydrogens is 314 g/mol. The van der Waals surface area contributed by atoms with Crippen molar-refractivity contribution in [2.45, 2.75) is 32.9 Å². The molecule has 0 spiro atoms. The zero-order valence-corrected chi connectivity index (χ0v) is 14.9. The third kappa shape index (κ3) is 4.17. The minimum Gasteiger partial charge on any atom is -0.364 e. The Balaban J connectivity index is 1.70. The predicted octanol–water partition coefficient (Wildman–Crippen LogP) is 2.42. The van der Waals surface area contributed by atoms with E-state index in [1.54, 1.807) is 4.90 Å². The van der Waals surface area contributed by atoms with E-state index in [9.17, 15) is 9.59 Å². The van der Waals surface area contributed by atoms with Gasteiger partial charge in [0.25, 0.3) is 5.91 Å². The Morgan fingerprint density at radius 1 is 1.20 bits per heavy atom. The van der Waals surface area contributed by atoms with Crippen LogP contribution in [-0.4, -0.2) is 46.4 Å². The fraction of sp³-hybridized carbons (Fsp3) is 0.400. The summed E-state index contributed by atoms with van der Waals surface area (Å²) in [5.41, 5.74) is 2.07. The summed E-state index contributed by atoms with van der Waals surface area (Å²) in [6, 6.07) is 12.3. The van der Waals surface area contributed by atoms with Gasteiger partial charge in [-0.1, -0.05) is 30.3 Å². The molecular formula is C20H25N3O2. The van der Waals surface area contributed by atoms with Gasteiger partial charge in [0.15, 0.2) is 5.43 Å². The van der Waals surface area contributed by atoms with Crippen molar-refractivity contribution < 1.29 is 4.79 Å². The Kier molecular flexibility index (Phi) is 5.34. The molecule has 2 aromatic rings. The lowest BCUT2D eigenvalue weighted by Gasteiger charge is -2.26. The molecule has 1 aliphatic heterocycles. The highest BCUT2D eigenvalue weighted by molar-refractivity contribution is 5.93. The number of aromatic nitrogens is 1. The number of benzene rings is 1. The first-order valence-electron chi connectivity index (χ1n) is 8.81. The molecule has 0 bridgehead atoms. The first-order valence-corrected chi connectivity index (χ1v) is 8.81. The maximum atomic E-state index is 12.7. The molecule has 0 unspecified atom stereocenters. The molecule has 1 saturated heterocycles. The zero-order valence-electron chi connectivity index (χ0n) is 14.9. The van der Waals surface area contributed by atoms with Crippen LogP contribution in [0.2, 0.25) is 0 Å². The molecule has 1 aliphatic rings.